The van der Waals surface area contributed by atoms with Gasteiger partial charge in [-0.2, -0.15) is 0 Å². The zero-order valence-electron chi connectivity index (χ0n) is 16.7. The zero-order chi connectivity index (χ0) is 22.7. The van der Waals surface area contributed by atoms with E-state index in [-0.39, 0.29) is 18.2 Å². The fourth-order valence-corrected chi connectivity index (χ4v) is 3.48. The molecule has 0 unspecified atom stereocenters. The Kier molecular flexibility index (Phi) is 6.04. The molecule has 0 bridgehead atoms. The van der Waals surface area contributed by atoms with Gasteiger partial charge in [-0.3, -0.25) is 14.9 Å². The van der Waals surface area contributed by atoms with Crippen molar-refractivity contribution in [3.63, 3.8) is 0 Å². The summed E-state index contributed by atoms with van der Waals surface area (Å²) in [5.41, 5.74) is 2.42. The van der Waals surface area contributed by atoms with Gasteiger partial charge >= 0.3 is 0 Å². The maximum absolute atomic E-state index is 12.2. The molecule has 10 heteroatoms. The van der Waals surface area contributed by atoms with Gasteiger partial charge in [0.1, 0.15) is 17.0 Å². The highest BCUT2D eigenvalue weighted by Crippen LogP contribution is 2.32. The average Bonchev–Trinajstić information content (AvgIpc) is 3.21. The molecule has 0 aliphatic rings. The maximum atomic E-state index is 12.2. The Hall–Kier alpha value is -3.92. The van der Waals surface area contributed by atoms with Crippen molar-refractivity contribution in [1.29, 1.82) is 0 Å². The normalized spacial score (nSPS) is 10.7. The van der Waals surface area contributed by atoms with Gasteiger partial charge in [-0.1, -0.05) is 0 Å². The summed E-state index contributed by atoms with van der Waals surface area (Å²) in [6.07, 6.45) is 0. The molecule has 1 N–H and O–H groups in total. The highest BCUT2D eigenvalue weighted by Gasteiger charge is 2.12. The van der Waals surface area contributed by atoms with Gasteiger partial charge in [0, 0.05) is 23.4 Å². The Bertz CT molecular complexity index is 1300. The van der Waals surface area contributed by atoms with E-state index >= 15 is 0 Å². The van der Waals surface area contributed by atoms with E-state index < -0.39 is 4.92 Å². The van der Waals surface area contributed by atoms with Crippen LogP contribution < -0.4 is 14.8 Å². The van der Waals surface area contributed by atoms with Crippen molar-refractivity contribution >= 4 is 44.3 Å². The first-order valence-corrected chi connectivity index (χ1v) is 10.1. The van der Waals surface area contributed by atoms with Gasteiger partial charge in [-0.05, 0) is 64.5 Å². The number of oxazole rings is 1. The number of methoxy groups -OCH3 is 1. The number of anilines is 1. The number of aromatic nitrogens is 1. The van der Waals surface area contributed by atoms with Crippen molar-refractivity contribution in [2.75, 3.05) is 19.0 Å². The lowest BCUT2D eigenvalue weighted by Gasteiger charge is -2.07. The third-order valence-corrected chi connectivity index (χ3v) is 5.11. The molecule has 0 atom stereocenters. The van der Waals surface area contributed by atoms with E-state index in [9.17, 15) is 14.9 Å². The number of nitrogens with one attached hydrogen (secondary N) is 1. The van der Waals surface area contributed by atoms with E-state index in [1.54, 1.807) is 25.3 Å². The van der Waals surface area contributed by atoms with Crippen molar-refractivity contribution in [1.82, 2.24) is 4.98 Å². The van der Waals surface area contributed by atoms with E-state index in [1.807, 2.05) is 18.2 Å². The van der Waals surface area contributed by atoms with Crippen LogP contribution >= 0.6 is 15.9 Å². The minimum Gasteiger partial charge on any atom is -0.496 e. The Morgan fingerprint density at radius 3 is 2.62 bits per heavy atom. The first kappa shape index (κ1) is 21.3. The Morgan fingerprint density at radius 1 is 1.16 bits per heavy atom. The highest BCUT2D eigenvalue weighted by molar-refractivity contribution is 9.10. The second kappa shape index (κ2) is 9.06. The van der Waals surface area contributed by atoms with E-state index in [2.05, 4.69) is 26.2 Å². The number of halogens is 1. The lowest BCUT2D eigenvalue weighted by Crippen LogP contribution is -2.20. The molecule has 3 aromatic carbocycles. The molecular formula is C22H16BrN3O6. The number of benzene rings is 3. The standard InChI is InChI=1S/C22H16BrN3O6/c1-30-19-8-2-13(10-17(19)23)22-25-18-11-14(3-9-20(18)32-22)24-21(27)12-31-16-6-4-15(5-7-16)26(28)29/h2-11H,12H2,1H3,(H,24,27). The van der Waals surface area contributed by atoms with Crippen LogP contribution in [0.2, 0.25) is 0 Å². The molecule has 0 aliphatic heterocycles. The van der Waals surface area contributed by atoms with Crippen LogP contribution in [0.3, 0.4) is 0 Å². The summed E-state index contributed by atoms with van der Waals surface area (Å²) in [4.78, 5) is 26.9. The first-order chi connectivity index (χ1) is 15.4. The van der Waals surface area contributed by atoms with Gasteiger partial charge in [0.15, 0.2) is 12.2 Å². The molecule has 0 radical (unpaired) electrons. The summed E-state index contributed by atoms with van der Waals surface area (Å²) in [7, 11) is 1.59. The summed E-state index contributed by atoms with van der Waals surface area (Å²) in [5, 5.41) is 13.4. The number of hydrogen-bond donors (Lipinski definition) is 1. The quantitative estimate of drug-likeness (QED) is 0.275. The predicted molar refractivity (Wildman–Crippen MR) is 121 cm³/mol. The SMILES string of the molecule is COc1ccc(-c2nc3cc(NC(=O)COc4ccc([N+](=O)[O-])cc4)ccc3o2)cc1Br. The molecule has 1 amide bonds. The molecule has 162 valence electrons. The number of hydrogen-bond acceptors (Lipinski definition) is 7. The van der Waals surface area contributed by atoms with Crippen molar-refractivity contribution in [2.45, 2.75) is 0 Å². The van der Waals surface area contributed by atoms with Crippen molar-refractivity contribution in [3.05, 3.63) is 75.3 Å². The lowest BCUT2D eigenvalue weighted by atomic mass is 10.2. The number of non-ortho nitro benzene ring substituents is 1. The largest absolute Gasteiger partial charge is 0.496 e. The maximum Gasteiger partial charge on any atom is 0.269 e. The molecule has 1 aromatic heterocycles. The number of amides is 1. The second-order valence-electron chi connectivity index (χ2n) is 6.64. The fraction of sp³-hybridized carbons (Fsp3) is 0.0909. The number of ether oxygens (including phenoxy) is 2. The van der Waals surface area contributed by atoms with Crippen LogP contribution in [-0.2, 0) is 4.79 Å². The number of nitro benzene ring substituents is 1. The van der Waals surface area contributed by atoms with Gasteiger partial charge < -0.3 is 19.2 Å². The summed E-state index contributed by atoms with van der Waals surface area (Å²) >= 11 is 3.44. The van der Waals surface area contributed by atoms with Crippen LogP contribution in [0.4, 0.5) is 11.4 Å². The monoisotopic (exact) mass is 497 g/mol. The fourth-order valence-electron chi connectivity index (χ4n) is 2.94. The molecule has 0 aliphatic carbocycles. The van der Waals surface area contributed by atoms with Crippen LogP contribution in [-0.4, -0.2) is 29.5 Å². The van der Waals surface area contributed by atoms with Gasteiger partial charge in [-0.15, -0.1) is 0 Å². The molecule has 32 heavy (non-hydrogen) atoms. The minimum atomic E-state index is -0.505. The van der Waals surface area contributed by atoms with E-state index in [0.717, 1.165) is 10.0 Å². The van der Waals surface area contributed by atoms with Gasteiger partial charge in [0.25, 0.3) is 11.6 Å². The number of fused-ring (bicyclic) bond motifs is 1. The minimum absolute atomic E-state index is 0.0518. The van der Waals surface area contributed by atoms with Crippen LogP contribution in [0.15, 0.2) is 69.6 Å². The van der Waals surface area contributed by atoms with Gasteiger partial charge in [0.2, 0.25) is 5.89 Å². The Morgan fingerprint density at radius 2 is 1.94 bits per heavy atom. The smallest absolute Gasteiger partial charge is 0.269 e. The molecular weight excluding hydrogens is 482 g/mol. The van der Waals surface area contributed by atoms with Crippen molar-refractivity contribution in [2.24, 2.45) is 0 Å². The third-order valence-electron chi connectivity index (χ3n) is 4.49. The van der Waals surface area contributed by atoms with Gasteiger partial charge in [-0.25, -0.2) is 4.98 Å². The summed E-state index contributed by atoms with van der Waals surface area (Å²) < 4.78 is 17.2. The van der Waals surface area contributed by atoms with Crippen molar-refractivity contribution in [3.8, 4) is 23.0 Å². The number of carbonyl (C=O) groups excluding carboxylic acids is 1. The molecule has 4 rings (SSSR count). The van der Waals surface area contributed by atoms with Crippen molar-refractivity contribution < 1.29 is 23.6 Å². The van der Waals surface area contributed by atoms with Crippen LogP contribution in [0, 0.1) is 10.1 Å². The van der Waals surface area contributed by atoms with Crippen LogP contribution in [0.25, 0.3) is 22.6 Å². The molecule has 1 heterocycles. The summed E-state index contributed by atoms with van der Waals surface area (Å²) in [6, 6.07) is 16.1. The highest BCUT2D eigenvalue weighted by atomic mass is 79.9. The van der Waals surface area contributed by atoms with Crippen LogP contribution in [0.5, 0.6) is 11.5 Å². The molecule has 0 spiro atoms. The average molecular weight is 498 g/mol. The molecule has 0 saturated heterocycles. The number of nitro groups is 1. The summed E-state index contributed by atoms with van der Waals surface area (Å²) in [5.74, 6) is 1.11. The third kappa shape index (κ3) is 4.70. The topological polar surface area (TPSA) is 117 Å². The summed E-state index contributed by atoms with van der Waals surface area (Å²) in [6.45, 7) is -0.250. The Balaban J connectivity index is 1.42. The lowest BCUT2D eigenvalue weighted by molar-refractivity contribution is -0.384. The first-order valence-electron chi connectivity index (χ1n) is 9.34. The number of carbonyl (C=O) groups is 1. The number of rotatable bonds is 7. The second-order valence-corrected chi connectivity index (χ2v) is 7.49. The van der Waals surface area contributed by atoms with Gasteiger partial charge in [0.05, 0.1) is 16.5 Å². The zero-order valence-corrected chi connectivity index (χ0v) is 18.3. The molecule has 4 aromatic rings. The number of nitrogens with zero attached hydrogens (tertiary/aromatic N) is 2. The van der Waals surface area contributed by atoms with E-state index in [0.29, 0.717) is 34.2 Å². The van der Waals surface area contributed by atoms with Crippen LogP contribution in [0.1, 0.15) is 0 Å². The Labute approximate surface area is 190 Å². The van der Waals surface area contributed by atoms with E-state index in [1.165, 1.54) is 24.3 Å². The predicted octanol–water partition coefficient (Wildman–Crippen LogP) is 5.19. The molecule has 0 fully saturated rings. The molecule has 9 nitrogen and oxygen atoms in total. The molecule has 0 saturated carbocycles. The van der Waals surface area contributed by atoms with E-state index in [4.69, 9.17) is 13.9 Å².